The van der Waals surface area contributed by atoms with E-state index in [2.05, 4.69) is 0 Å². The van der Waals surface area contributed by atoms with Crippen LogP contribution >= 0.6 is 0 Å². The normalized spacial score (nSPS) is 10.3. The van der Waals surface area contributed by atoms with Crippen LogP contribution in [0.3, 0.4) is 0 Å². The first-order valence-electron chi connectivity index (χ1n) is 6.47. The Morgan fingerprint density at radius 1 is 1.25 bits per heavy atom. The van der Waals surface area contributed by atoms with Crippen LogP contribution in [0.1, 0.15) is 22.8 Å². The van der Waals surface area contributed by atoms with Gasteiger partial charge in [-0.2, -0.15) is 0 Å². The molecule has 0 aliphatic rings. The average Bonchev–Trinajstić information content (AvgIpc) is 2.41. The molecule has 0 unspecified atom stereocenters. The quantitative estimate of drug-likeness (QED) is 0.871. The van der Waals surface area contributed by atoms with Crippen LogP contribution < -0.4 is 10.6 Å². The molecule has 0 spiro atoms. The second-order valence-corrected chi connectivity index (χ2v) is 4.59. The van der Waals surface area contributed by atoms with Gasteiger partial charge in [0.05, 0.1) is 11.3 Å². The number of amides is 1. The lowest BCUT2D eigenvalue weighted by Crippen LogP contribution is -2.32. The summed E-state index contributed by atoms with van der Waals surface area (Å²) in [6.45, 7) is 4.07. The third kappa shape index (κ3) is 2.64. The molecule has 2 N–H and O–H groups in total. The fraction of sp³-hybridized carbons (Fsp3) is 0.188. The minimum atomic E-state index is -0.423. The Hall–Kier alpha value is -2.36. The van der Waals surface area contributed by atoms with Crippen molar-refractivity contribution in [3.8, 4) is 0 Å². The van der Waals surface area contributed by atoms with Gasteiger partial charge in [0.15, 0.2) is 0 Å². The minimum Gasteiger partial charge on any atom is -0.398 e. The average molecular weight is 272 g/mol. The van der Waals surface area contributed by atoms with Gasteiger partial charge in [0, 0.05) is 12.2 Å². The van der Waals surface area contributed by atoms with Crippen molar-refractivity contribution >= 4 is 17.3 Å². The SMILES string of the molecule is CCN(C(=O)c1ccc(C)cc1N)c1ccccc1F. The van der Waals surface area contributed by atoms with Crippen LogP contribution in [0.5, 0.6) is 0 Å². The third-order valence-corrected chi connectivity index (χ3v) is 3.14. The van der Waals surface area contributed by atoms with Gasteiger partial charge in [0.2, 0.25) is 0 Å². The highest BCUT2D eigenvalue weighted by Crippen LogP contribution is 2.23. The van der Waals surface area contributed by atoms with Crippen molar-refractivity contribution in [3.63, 3.8) is 0 Å². The lowest BCUT2D eigenvalue weighted by molar-refractivity contribution is 0.0988. The number of rotatable bonds is 3. The molecule has 3 nitrogen and oxygen atoms in total. The smallest absolute Gasteiger partial charge is 0.260 e. The summed E-state index contributed by atoms with van der Waals surface area (Å²) in [5.41, 5.74) is 7.93. The highest BCUT2D eigenvalue weighted by molar-refractivity contribution is 6.09. The monoisotopic (exact) mass is 272 g/mol. The molecule has 0 aliphatic heterocycles. The molecule has 20 heavy (non-hydrogen) atoms. The maximum Gasteiger partial charge on any atom is 0.260 e. The molecule has 2 aromatic rings. The van der Waals surface area contributed by atoms with Crippen LogP contribution in [0.15, 0.2) is 42.5 Å². The molecule has 104 valence electrons. The number of hydrogen-bond donors (Lipinski definition) is 1. The third-order valence-electron chi connectivity index (χ3n) is 3.14. The van der Waals surface area contributed by atoms with E-state index in [0.717, 1.165) is 5.56 Å². The van der Waals surface area contributed by atoms with Gasteiger partial charge in [-0.15, -0.1) is 0 Å². The Morgan fingerprint density at radius 2 is 1.95 bits per heavy atom. The molecule has 0 saturated carbocycles. The van der Waals surface area contributed by atoms with E-state index in [1.807, 2.05) is 13.0 Å². The van der Waals surface area contributed by atoms with E-state index < -0.39 is 5.82 Å². The zero-order chi connectivity index (χ0) is 14.7. The van der Waals surface area contributed by atoms with Crippen molar-refractivity contribution in [3.05, 3.63) is 59.4 Å². The Balaban J connectivity index is 2.42. The standard InChI is InChI=1S/C16H17FN2O/c1-3-19(15-7-5-4-6-13(15)17)16(20)12-9-8-11(2)10-14(12)18/h4-10H,3,18H2,1-2H3. The number of carbonyl (C=O) groups excluding carboxylic acids is 1. The number of nitrogens with two attached hydrogens (primary N) is 1. The molecule has 1 amide bonds. The number of nitrogens with zero attached hydrogens (tertiary/aromatic N) is 1. The van der Waals surface area contributed by atoms with Gasteiger partial charge in [-0.1, -0.05) is 18.2 Å². The van der Waals surface area contributed by atoms with Crippen molar-refractivity contribution < 1.29 is 9.18 Å². The van der Waals surface area contributed by atoms with Crippen molar-refractivity contribution in [2.45, 2.75) is 13.8 Å². The van der Waals surface area contributed by atoms with Crippen LogP contribution in [-0.2, 0) is 0 Å². The molecule has 2 aromatic carbocycles. The zero-order valence-corrected chi connectivity index (χ0v) is 11.6. The van der Waals surface area contributed by atoms with Crippen LogP contribution in [0.4, 0.5) is 15.8 Å². The van der Waals surface area contributed by atoms with Gasteiger partial charge >= 0.3 is 0 Å². The van der Waals surface area contributed by atoms with E-state index in [4.69, 9.17) is 5.73 Å². The van der Waals surface area contributed by atoms with Crippen LogP contribution in [0.25, 0.3) is 0 Å². The molecule has 0 saturated heterocycles. The summed E-state index contributed by atoms with van der Waals surface area (Å²) < 4.78 is 13.8. The fourth-order valence-electron chi connectivity index (χ4n) is 2.12. The van der Waals surface area contributed by atoms with Crippen molar-refractivity contribution in [2.24, 2.45) is 0 Å². The molecule has 0 radical (unpaired) electrons. The van der Waals surface area contributed by atoms with E-state index in [1.165, 1.54) is 11.0 Å². The molecule has 0 aliphatic carbocycles. The molecule has 0 aromatic heterocycles. The summed E-state index contributed by atoms with van der Waals surface area (Å²) in [5.74, 6) is -0.719. The Kier molecular flexibility index (Phi) is 4.03. The highest BCUT2D eigenvalue weighted by Gasteiger charge is 2.20. The maximum atomic E-state index is 13.8. The molecular weight excluding hydrogens is 255 g/mol. The van der Waals surface area contributed by atoms with E-state index in [-0.39, 0.29) is 11.6 Å². The second kappa shape index (κ2) is 5.74. The van der Waals surface area contributed by atoms with Gasteiger partial charge in [-0.25, -0.2) is 4.39 Å². The summed E-state index contributed by atoms with van der Waals surface area (Å²) in [6.07, 6.45) is 0. The summed E-state index contributed by atoms with van der Waals surface area (Å²) in [7, 11) is 0. The number of nitrogen functional groups attached to an aromatic ring is 1. The zero-order valence-electron chi connectivity index (χ0n) is 11.6. The lowest BCUT2D eigenvalue weighted by atomic mass is 10.1. The first kappa shape index (κ1) is 14.1. The number of benzene rings is 2. The number of para-hydroxylation sites is 1. The molecule has 0 atom stereocenters. The van der Waals surface area contributed by atoms with Crippen LogP contribution in [0.2, 0.25) is 0 Å². The number of carbonyl (C=O) groups is 1. The summed E-state index contributed by atoms with van der Waals surface area (Å²) in [4.78, 5) is 13.9. The minimum absolute atomic E-state index is 0.264. The molecule has 2 rings (SSSR count). The first-order chi connectivity index (χ1) is 9.54. The van der Waals surface area contributed by atoms with E-state index >= 15 is 0 Å². The molecule has 0 heterocycles. The van der Waals surface area contributed by atoms with Crippen molar-refractivity contribution in [1.29, 1.82) is 0 Å². The highest BCUT2D eigenvalue weighted by atomic mass is 19.1. The van der Waals surface area contributed by atoms with E-state index in [9.17, 15) is 9.18 Å². The number of aryl methyl sites for hydroxylation is 1. The topological polar surface area (TPSA) is 46.3 Å². The van der Waals surface area contributed by atoms with E-state index in [1.54, 1.807) is 37.3 Å². The predicted molar refractivity (Wildman–Crippen MR) is 79.3 cm³/mol. The van der Waals surface area contributed by atoms with Crippen molar-refractivity contribution in [1.82, 2.24) is 0 Å². The Bertz CT molecular complexity index is 640. The van der Waals surface area contributed by atoms with Gasteiger partial charge in [-0.3, -0.25) is 4.79 Å². The Morgan fingerprint density at radius 3 is 2.55 bits per heavy atom. The number of halogens is 1. The van der Waals surface area contributed by atoms with Gasteiger partial charge < -0.3 is 10.6 Å². The van der Waals surface area contributed by atoms with Crippen LogP contribution in [-0.4, -0.2) is 12.5 Å². The molecule has 4 heteroatoms. The molecule has 0 fully saturated rings. The lowest BCUT2D eigenvalue weighted by Gasteiger charge is -2.22. The fourth-order valence-corrected chi connectivity index (χ4v) is 2.12. The number of anilines is 2. The summed E-state index contributed by atoms with van der Waals surface area (Å²) >= 11 is 0. The van der Waals surface area contributed by atoms with Gasteiger partial charge in [-0.05, 0) is 43.7 Å². The summed E-state index contributed by atoms with van der Waals surface area (Å²) in [6, 6.07) is 11.5. The molecule has 0 bridgehead atoms. The Labute approximate surface area is 117 Å². The largest absolute Gasteiger partial charge is 0.398 e. The molecular formula is C16H17FN2O. The first-order valence-corrected chi connectivity index (χ1v) is 6.47. The van der Waals surface area contributed by atoms with Crippen LogP contribution in [0, 0.1) is 12.7 Å². The van der Waals surface area contributed by atoms with Crippen molar-refractivity contribution in [2.75, 3.05) is 17.2 Å². The second-order valence-electron chi connectivity index (χ2n) is 4.59. The van der Waals surface area contributed by atoms with Gasteiger partial charge in [0.25, 0.3) is 5.91 Å². The predicted octanol–water partition coefficient (Wildman–Crippen LogP) is 3.38. The summed E-state index contributed by atoms with van der Waals surface area (Å²) in [5, 5.41) is 0. The maximum absolute atomic E-state index is 13.8. The van der Waals surface area contributed by atoms with E-state index in [0.29, 0.717) is 17.8 Å². The van der Waals surface area contributed by atoms with Gasteiger partial charge in [0.1, 0.15) is 5.82 Å². The number of hydrogen-bond acceptors (Lipinski definition) is 2.